The monoisotopic (exact) mass is 249 g/mol. The van der Waals surface area contributed by atoms with Crippen LogP contribution in [0.5, 0.6) is 5.75 Å². The number of benzene rings is 1. The van der Waals surface area contributed by atoms with Gasteiger partial charge < -0.3 is 4.74 Å². The molecule has 0 N–H and O–H groups in total. The number of halogens is 1. The summed E-state index contributed by atoms with van der Waals surface area (Å²) in [5, 5.41) is 0. The SMILES string of the molecule is COc1c(F)cc(C(C)C)cc1C1(N=C=O)CC1. The molecule has 0 saturated heterocycles. The van der Waals surface area contributed by atoms with Crippen molar-refractivity contribution in [2.45, 2.75) is 38.1 Å². The highest BCUT2D eigenvalue weighted by Crippen LogP contribution is 2.53. The Balaban J connectivity index is 2.60. The molecule has 0 aromatic heterocycles. The molecule has 3 nitrogen and oxygen atoms in total. The minimum atomic E-state index is -0.612. The molecule has 0 bridgehead atoms. The van der Waals surface area contributed by atoms with Gasteiger partial charge in [-0.25, -0.2) is 9.18 Å². The quantitative estimate of drug-likeness (QED) is 0.606. The average Bonchev–Trinajstić information content (AvgIpc) is 3.09. The summed E-state index contributed by atoms with van der Waals surface area (Å²) < 4.78 is 19.1. The molecule has 1 saturated carbocycles. The number of isocyanates is 1. The van der Waals surface area contributed by atoms with Crippen LogP contribution < -0.4 is 4.74 Å². The maximum Gasteiger partial charge on any atom is 0.235 e. The number of methoxy groups -OCH3 is 1. The van der Waals surface area contributed by atoms with E-state index in [1.54, 1.807) is 6.08 Å². The number of rotatable bonds is 4. The van der Waals surface area contributed by atoms with Crippen molar-refractivity contribution in [1.29, 1.82) is 0 Å². The van der Waals surface area contributed by atoms with Crippen molar-refractivity contribution in [3.8, 4) is 5.75 Å². The Hall–Kier alpha value is -1.67. The lowest BCUT2D eigenvalue weighted by atomic mass is 9.95. The van der Waals surface area contributed by atoms with Crippen molar-refractivity contribution in [3.05, 3.63) is 29.1 Å². The first-order valence-electron chi connectivity index (χ1n) is 6.01. The number of carbonyl (C=O) groups excluding carboxylic acids is 1. The van der Waals surface area contributed by atoms with Crippen molar-refractivity contribution in [1.82, 2.24) is 0 Å². The highest BCUT2D eigenvalue weighted by molar-refractivity contribution is 5.50. The van der Waals surface area contributed by atoms with Gasteiger partial charge in [0.25, 0.3) is 0 Å². The maximum atomic E-state index is 14.0. The Morgan fingerprint density at radius 3 is 2.56 bits per heavy atom. The van der Waals surface area contributed by atoms with Gasteiger partial charge in [-0.15, -0.1) is 0 Å². The van der Waals surface area contributed by atoms with Gasteiger partial charge in [-0.05, 0) is 36.5 Å². The molecule has 0 unspecified atom stereocenters. The largest absolute Gasteiger partial charge is 0.493 e. The summed E-state index contributed by atoms with van der Waals surface area (Å²) in [6.45, 7) is 3.99. The zero-order valence-electron chi connectivity index (χ0n) is 10.8. The van der Waals surface area contributed by atoms with Crippen LogP contribution in [0.25, 0.3) is 0 Å². The highest BCUT2D eigenvalue weighted by Gasteiger charge is 2.47. The fourth-order valence-electron chi connectivity index (χ4n) is 2.15. The van der Waals surface area contributed by atoms with E-state index in [1.165, 1.54) is 13.2 Å². The summed E-state index contributed by atoms with van der Waals surface area (Å²) in [5.74, 6) is 0.00198. The Kier molecular flexibility index (Phi) is 3.22. The second kappa shape index (κ2) is 4.54. The second-order valence-corrected chi connectivity index (χ2v) is 4.97. The van der Waals surface area contributed by atoms with Gasteiger partial charge in [-0.3, -0.25) is 0 Å². The summed E-state index contributed by atoms with van der Waals surface area (Å²) in [6, 6.07) is 3.37. The Bertz CT molecular complexity index is 515. The smallest absolute Gasteiger partial charge is 0.235 e. The van der Waals surface area contributed by atoms with Crippen LogP contribution in [-0.2, 0) is 10.3 Å². The number of aliphatic imine (C=N–C) groups is 1. The lowest BCUT2D eigenvalue weighted by molar-refractivity contribution is 0.376. The summed E-state index contributed by atoms with van der Waals surface area (Å²) in [6.07, 6.45) is 3.06. The van der Waals surface area contributed by atoms with Gasteiger partial charge in [0.1, 0.15) is 5.54 Å². The number of nitrogens with zero attached hydrogens (tertiary/aromatic N) is 1. The molecule has 2 rings (SSSR count). The minimum absolute atomic E-state index is 0.191. The lowest BCUT2D eigenvalue weighted by Gasteiger charge is -2.17. The molecule has 0 atom stereocenters. The molecular weight excluding hydrogens is 233 g/mol. The van der Waals surface area contributed by atoms with Crippen molar-refractivity contribution < 1.29 is 13.9 Å². The molecule has 0 radical (unpaired) electrons. The van der Waals surface area contributed by atoms with Gasteiger partial charge in [0.2, 0.25) is 6.08 Å². The maximum absolute atomic E-state index is 14.0. The molecule has 0 spiro atoms. The van der Waals surface area contributed by atoms with Gasteiger partial charge in [0, 0.05) is 5.56 Å². The summed E-state index contributed by atoms with van der Waals surface area (Å²) >= 11 is 0. The van der Waals surface area contributed by atoms with E-state index in [0.717, 1.165) is 18.4 Å². The zero-order valence-corrected chi connectivity index (χ0v) is 10.8. The molecule has 18 heavy (non-hydrogen) atoms. The van der Waals surface area contributed by atoms with Crippen molar-refractivity contribution in [2.75, 3.05) is 7.11 Å². The van der Waals surface area contributed by atoms with Gasteiger partial charge in [-0.1, -0.05) is 13.8 Å². The van der Waals surface area contributed by atoms with Crippen LogP contribution in [0.2, 0.25) is 0 Å². The highest BCUT2D eigenvalue weighted by atomic mass is 19.1. The van der Waals surface area contributed by atoms with Crippen LogP contribution in [0, 0.1) is 5.82 Å². The predicted octanol–water partition coefficient (Wildman–Crippen LogP) is 3.28. The normalized spacial score (nSPS) is 16.3. The topological polar surface area (TPSA) is 38.7 Å². The molecule has 1 aliphatic carbocycles. The fraction of sp³-hybridized carbons (Fsp3) is 0.500. The first-order valence-corrected chi connectivity index (χ1v) is 6.01. The third-order valence-electron chi connectivity index (χ3n) is 3.42. The minimum Gasteiger partial charge on any atom is -0.493 e. The summed E-state index contributed by atoms with van der Waals surface area (Å²) in [7, 11) is 1.43. The lowest BCUT2D eigenvalue weighted by Crippen LogP contribution is -2.08. The predicted molar refractivity (Wildman–Crippen MR) is 66.1 cm³/mol. The van der Waals surface area contributed by atoms with Crippen LogP contribution in [0.4, 0.5) is 4.39 Å². The molecule has 1 fully saturated rings. The molecule has 4 heteroatoms. The van der Waals surface area contributed by atoms with Gasteiger partial charge >= 0.3 is 0 Å². The number of ether oxygens (including phenoxy) is 1. The van der Waals surface area contributed by atoms with Gasteiger partial charge in [0.15, 0.2) is 11.6 Å². The Morgan fingerprint density at radius 2 is 2.11 bits per heavy atom. The molecule has 0 amide bonds. The Labute approximate surface area is 106 Å². The van der Waals surface area contributed by atoms with Gasteiger partial charge in [0.05, 0.1) is 7.11 Å². The molecule has 0 aliphatic heterocycles. The van der Waals surface area contributed by atoms with Crippen LogP contribution >= 0.6 is 0 Å². The average molecular weight is 249 g/mol. The molecule has 96 valence electrons. The summed E-state index contributed by atoms with van der Waals surface area (Å²) in [5.41, 5.74) is 0.937. The fourth-order valence-corrected chi connectivity index (χ4v) is 2.15. The number of hydrogen-bond acceptors (Lipinski definition) is 3. The molecule has 0 heterocycles. The van der Waals surface area contributed by atoms with Crippen LogP contribution in [0.3, 0.4) is 0 Å². The van der Waals surface area contributed by atoms with E-state index in [9.17, 15) is 9.18 Å². The van der Waals surface area contributed by atoms with E-state index < -0.39 is 11.4 Å². The van der Waals surface area contributed by atoms with Gasteiger partial charge in [-0.2, -0.15) is 4.99 Å². The molecule has 1 aliphatic rings. The van der Waals surface area contributed by atoms with E-state index in [4.69, 9.17) is 4.74 Å². The van der Waals surface area contributed by atoms with Crippen LogP contribution in [0.1, 0.15) is 43.7 Å². The van der Waals surface area contributed by atoms with E-state index in [0.29, 0.717) is 5.56 Å². The van der Waals surface area contributed by atoms with Crippen molar-refractivity contribution >= 4 is 6.08 Å². The third-order valence-corrected chi connectivity index (χ3v) is 3.42. The van der Waals surface area contributed by atoms with E-state index >= 15 is 0 Å². The number of hydrogen-bond donors (Lipinski definition) is 0. The second-order valence-electron chi connectivity index (χ2n) is 4.97. The molecule has 1 aromatic rings. The van der Waals surface area contributed by atoms with Crippen molar-refractivity contribution in [2.24, 2.45) is 4.99 Å². The van der Waals surface area contributed by atoms with E-state index in [-0.39, 0.29) is 11.7 Å². The molecular formula is C14H16FNO2. The van der Waals surface area contributed by atoms with E-state index in [2.05, 4.69) is 4.99 Å². The van der Waals surface area contributed by atoms with Crippen LogP contribution in [-0.4, -0.2) is 13.2 Å². The standard InChI is InChI=1S/C14H16FNO2/c1-9(2)10-6-11(13(18-3)12(15)7-10)14(4-5-14)16-8-17/h6-7,9H,4-5H2,1-3H3. The first-order chi connectivity index (χ1) is 8.54. The molecule has 1 aromatic carbocycles. The van der Waals surface area contributed by atoms with E-state index in [1.807, 2.05) is 19.9 Å². The van der Waals surface area contributed by atoms with Crippen LogP contribution in [0.15, 0.2) is 17.1 Å². The zero-order chi connectivity index (χ0) is 13.3. The van der Waals surface area contributed by atoms with Crippen molar-refractivity contribution in [3.63, 3.8) is 0 Å². The third kappa shape index (κ3) is 2.04. The summed E-state index contributed by atoms with van der Waals surface area (Å²) in [4.78, 5) is 14.3. The first kappa shape index (κ1) is 12.8. The Morgan fingerprint density at radius 1 is 1.44 bits per heavy atom.